The van der Waals surface area contributed by atoms with Crippen molar-refractivity contribution in [2.24, 2.45) is 0 Å². The summed E-state index contributed by atoms with van der Waals surface area (Å²) >= 11 is 0. The Balaban J connectivity index is 2.06. The van der Waals surface area contributed by atoms with Crippen LogP contribution in [-0.4, -0.2) is 21.3 Å². The molecule has 0 saturated heterocycles. The highest BCUT2D eigenvalue weighted by molar-refractivity contribution is 7.96. The molecule has 0 N–H and O–H groups in total. The number of hydrogen-bond acceptors (Lipinski definition) is 4. The molecule has 0 aromatic heterocycles. The monoisotopic (exact) mass is 376 g/mol. The van der Waals surface area contributed by atoms with E-state index in [-0.39, 0.29) is 9.80 Å². The van der Waals surface area contributed by atoms with Crippen LogP contribution in [0.4, 0.5) is 0 Å². The Morgan fingerprint density at radius 2 is 1.41 bits per heavy atom. The Hall–Kier alpha value is -3.18. The lowest BCUT2D eigenvalue weighted by Gasteiger charge is -2.10. The maximum atomic E-state index is 13.3. The zero-order valence-corrected chi connectivity index (χ0v) is 15.4. The first-order valence-corrected chi connectivity index (χ1v) is 9.85. The van der Waals surface area contributed by atoms with Crippen molar-refractivity contribution in [3.63, 3.8) is 0 Å². The Morgan fingerprint density at radius 3 is 2.04 bits per heavy atom. The van der Waals surface area contributed by atoms with Gasteiger partial charge in [-0.1, -0.05) is 48.5 Å². The van der Waals surface area contributed by atoms with Crippen molar-refractivity contribution >= 4 is 21.2 Å². The number of rotatable bonds is 4. The van der Waals surface area contributed by atoms with Gasteiger partial charge in [-0.25, -0.2) is 8.42 Å². The number of sulfone groups is 1. The first kappa shape index (κ1) is 17.2. The zero-order valence-electron chi connectivity index (χ0n) is 14.5. The third-order valence-electron chi connectivity index (χ3n) is 4.56. The minimum atomic E-state index is -3.98. The van der Waals surface area contributed by atoms with Crippen LogP contribution >= 0.6 is 0 Å². The predicted molar refractivity (Wildman–Crippen MR) is 103 cm³/mol. The lowest BCUT2D eigenvalue weighted by Crippen LogP contribution is -2.12. The smallest absolute Gasteiger partial charge is 0.211 e. The maximum absolute atomic E-state index is 13.3. The number of hydrogen-bond donors (Lipinski definition) is 0. The number of benzene rings is 3. The van der Waals surface area contributed by atoms with Crippen LogP contribution in [0.15, 0.2) is 88.7 Å². The quantitative estimate of drug-likeness (QED) is 0.687. The second-order valence-corrected chi connectivity index (χ2v) is 8.01. The molecule has 1 aliphatic rings. The molecule has 4 rings (SSSR count). The Labute approximate surface area is 157 Å². The minimum Gasteiger partial charge on any atom is -0.497 e. The summed E-state index contributed by atoms with van der Waals surface area (Å²) in [5, 5.41) is 0. The van der Waals surface area contributed by atoms with Crippen LogP contribution in [0.3, 0.4) is 0 Å². The molecule has 27 heavy (non-hydrogen) atoms. The molecule has 1 aliphatic carbocycles. The van der Waals surface area contributed by atoms with Gasteiger partial charge in [-0.2, -0.15) is 0 Å². The van der Waals surface area contributed by atoms with Gasteiger partial charge < -0.3 is 4.74 Å². The number of allylic oxidation sites excluding steroid dienone is 1. The van der Waals surface area contributed by atoms with Crippen molar-refractivity contribution in [2.75, 3.05) is 7.11 Å². The molecule has 0 atom stereocenters. The van der Waals surface area contributed by atoms with Gasteiger partial charge in [-0.3, -0.25) is 4.79 Å². The molecule has 3 aromatic rings. The first-order chi connectivity index (χ1) is 13.0. The van der Waals surface area contributed by atoms with Crippen molar-refractivity contribution in [3.05, 3.63) is 100 Å². The van der Waals surface area contributed by atoms with Crippen LogP contribution in [0.1, 0.15) is 21.5 Å². The highest BCUT2D eigenvalue weighted by Crippen LogP contribution is 2.42. The summed E-state index contributed by atoms with van der Waals surface area (Å²) in [7, 11) is -2.45. The number of methoxy groups -OCH3 is 1. The fraction of sp³-hybridized carbons (Fsp3) is 0.0455. The van der Waals surface area contributed by atoms with E-state index in [9.17, 15) is 13.2 Å². The van der Waals surface area contributed by atoms with E-state index in [1.807, 2.05) is 18.2 Å². The van der Waals surface area contributed by atoms with Gasteiger partial charge in [0.25, 0.3) is 0 Å². The molecule has 0 aliphatic heterocycles. The maximum Gasteiger partial charge on any atom is 0.211 e. The van der Waals surface area contributed by atoms with Crippen molar-refractivity contribution in [2.45, 2.75) is 4.90 Å². The van der Waals surface area contributed by atoms with Crippen molar-refractivity contribution in [1.82, 2.24) is 0 Å². The molecule has 0 radical (unpaired) electrons. The molecule has 3 aromatic carbocycles. The number of carbonyl (C=O) groups is 1. The molecule has 4 nitrogen and oxygen atoms in total. The van der Waals surface area contributed by atoms with Crippen molar-refractivity contribution in [1.29, 1.82) is 0 Å². The van der Waals surface area contributed by atoms with Gasteiger partial charge in [0.15, 0.2) is 0 Å². The molecular weight excluding hydrogens is 360 g/mol. The summed E-state index contributed by atoms with van der Waals surface area (Å²) in [5.41, 5.74) is 2.02. The van der Waals surface area contributed by atoms with Crippen molar-refractivity contribution < 1.29 is 17.9 Å². The number of carbonyl (C=O) groups excluding carboxylic acids is 1. The van der Waals surface area contributed by atoms with Crippen LogP contribution in [0.5, 0.6) is 5.75 Å². The molecular formula is C22H16O4S. The fourth-order valence-corrected chi connectivity index (χ4v) is 4.88. The largest absolute Gasteiger partial charge is 0.497 e. The second-order valence-electron chi connectivity index (χ2n) is 6.13. The number of ether oxygens (including phenoxy) is 1. The topological polar surface area (TPSA) is 60.4 Å². The Bertz CT molecular complexity index is 1160. The van der Waals surface area contributed by atoms with Crippen LogP contribution in [0.25, 0.3) is 5.57 Å². The van der Waals surface area contributed by atoms with E-state index in [0.717, 1.165) is 0 Å². The SMILES string of the molecule is COc1ccc2c(c1)C(c1ccccc1)=C(S(=O)(=O)c1ccccc1)C2=O. The lowest BCUT2D eigenvalue weighted by molar-refractivity contribution is 0.104. The van der Waals surface area contributed by atoms with Crippen LogP contribution in [0, 0.1) is 0 Å². The molecule has 0 unspecified atom stereocenters. The third-order valence-corrected chi connectivity index (χ3v) is 6.38. The van der Waals surface area contributed by atoms with E-state index in [1.54, 1.807) is 48.5 Å². The average Bonchev–Trinajstić information content (AvgIpc) is 3.02. The lowest BCUT2D eigenvalue weighted by atomic mass is 9.99. The summed E-state index contributed by atoms with van der Waals surface area (Å²) < 4.78 is 32.0. The van der Waals surface area contributed by atoms with Gasteiger partial charge in [-0.05, 0) is 41.5 Å². The van der Waals surface area contributed by atoms with Gasteiger partial charge in [0, 0.05) is 11.1 Å². The highest BCUT2D eigenvalue weighted by Gasteiger charge is 2.39. The van der Waals surface area contributed by atoms with Gasteiger partial charge in [-0.15, -0.1) is 0 Å². The summed E-state index contributed by atoms with van der Waals surface area (Å²) in [5.74, 6) is 0.0729. The van der Waals surface area contributed by atoms with Crippen molar-refractivity contribution in [3.8, 4) is 5.75 Å². The van der Waals surface area contributed by atoms with E-state index in [4.69, 9.17) is 4.74 Å². The molecule has 0 fully saturated rings. The summed E-state index contributed by atoms with van der Waals surface area (Å²) in [6.07, 6.45) is 0. The second kappa shape index (κ2) is 6.52. The normalized spacial score (nSPS) is 13.6. The number of ketones is 1. The molecule has 134 valence electrons. The molecule has 0 saturated carbocycles. The highest BCUT2D eigenvalue weighted by atomic mass is 32.2. The number of Topliss-reactive ketones (excluding diaryl/α,β-unsaturated/α-hetero) is 1. The van der Waals surface area contributed by atoms with E-state index >= 15 is 0 Å². The molecule has 0 amide bonds. The third kappa shape index (κ3) is 2.76. The van der Waals surface area contributed by atoms with Gasteiger partial charge in [0.05, 0.1) is 12.0 Å². The summed E-state index contributed by atoms with van der Waals surface area (Å²) in [6, 6.07) is 22.1. The summed E-state index contributed by atoms with van der Waals surface area (Å²) in [4.78, 5) is 13.0. The zero-order chi connectivity index (χ0) is 19.0. The standard InChI is InChI=1S/C22H16O4S/c1-26-16-12-13-18-19(14-16)20(15-8-4-2-5-9-15)22(21(18)23)27(24,25)17-10-6-3-7-11-17/h2-14H,1H3. The molecule has 0 bridgehead atoms. The molecule has 0 heterocycles. The van der Waals surface area contributed by atoms with E-state index in [1.165, 1.54) is 19.2 Å². The van der Waals surface area contributed by atoms with E-state index < -0.39 is 15.6 Å². The molecule has 5 heteroatoms. The van der Waals surface area contributed by atoms with Gasteiger partial charge in [0.2, 0.25) is 15.6 Å². The Morgan fingerprint density at radius 1 is 0.778 bits per heavy atom. The molecule has 0 spiro atoms. The predicted octanol–water partition coefficient (Wildman–Crippen LogP) is 4.12. The summed E-state index contributed by atoms with van der Waals surface area (Å²) in [6.45, 7) is 0. The number of fused-ring (bicyclic) bond motifs is 1. The van der Waals surface area contributed by atoms with Gasteiger partial charge in [0.1, 0.15) is 10.7 Å². The van der Waals surface area contributed by atoms with E-state index in [0.29, 0.717) is 28.0 Å². The van der Waals surface area contributed by atoms with Gasteiger partial charge >= 0.3 is 0 Å². The van der Waals surface area contributed by atoms with Crippen LogP contribution < -0.4 is 4.74 Å². The fourth-order valence-electron chi connectivity index (χ4n) is 3.28. The van der Waals surface area contributed by atoms with E-state index in [2.05, 4.69) is 0 Å². The average molecular weight is 376 g/mol. The Kier molecular flexibility index (Phi) is 4.16. The minimum absolute atomic E-state index is 0.0987. The first-order valence-electron chi connectivity index (χ1n) is 8.37. The van der Waals surface area contributed by atoms with Crippen LogP contribution in [0.2, 0.25) is 0 Å². The van der Waals surface area contributed by atoms with Crippen LogP contribution in [-0.2, 0) is 9.84 Å².